The Hall–Kier alpha value is 1.34. The zero-order chi connectivity index (χ0) is 4.50. The zero-order valence-corrected chi connectivity index (χ0v) is 5.61. The van der Waals surface area contributed by atoms with Crippen molar-refractivity contribution in [3.63, 3.8) is 0 Å². The van der Waals surface area contributed by atoms with Gasteiger partial charge < -0.3 is 28.2 Å². The fourth-order valence-electron chi connectivity index (χ4n) is 0. The van der Waals surface area contributed by atoms with Gasteiger partial charge in [0.05, 0.1) is 0 Å². The minimum absolute atomic E-state index is 0. The standard InChI is InChI=1S/O4Si.Tb/c1-5(2,3)4;/q-4;+4. The second-order valence-corrected chi connectivity index (χ2v) is 1.50. The molecule has 6 heavy (non-hydrogen) atoms. The molecular formula is O4SiTb. The molecule has 37 valence electrons. The van der Waals surface area contributed by atoms with Crippen LogP contribution < -0.4 is 19.2 Å². The molecule has 0 aromatic carbocycles. The van der Waals surface area contributed by atoms with E-state index in [2.05, 4.69) is 0 Å². The van der Waals surface area contributed by atoms with Crippen LogP contribution in [0, 0.1) is 38.6 Å². The van der Waals surface area contributed by atoms with Gasteiger partial charge in [0, 0.05) is 0 Å². The average Bonchev–Trinajstić information content (AvgIpc) is 0.722. The van der Waals surface area contributed by atoms with Crippen molar-refractivity contribution in [3.8, 4) is 0 Å². The molecule has 0 aromatic rings. The molecule has 1 radical (unpaired) electrons. The summed E-state index contributed by atoms with van der Waals surface area (Å²) in [6.45, 7) is 0. The Bertz CT molecular complexity index is 23.0. The van der Waals surface area contributed by atoms with Gasteiger partial charge in [0.15, 0.2) is 0 Å². The maximum atomic E-state index is 8.58. The predicted octanol–water partition coefficient (Wildman–Crippen LogP) is -5.14. The van der Waals surface area contributed by atoms with Crippen molar-refractivity contribution in [2.75, 3.05) is 0 Å². The molecule has 0 spiro atoms. The first kappa shape index (κ1) is 10.3. The Morgan fingerprint density at radius 2 is 0.833 bits per heavy atom. The summed E-state index contributed by atoms with van der Waals surface area (Å²) in [6, 6.07) is 0. The van der Waals surface area contributed by atoms with Crippen molar-refractivity contribution in [2.45, 2.75) is 0 Å². The van der Waals surface area contributed by atoms with Gasteiger partial charge in [-0.15, -0.1) is 0 Å². The quantitative estimate of drug-likeness (QED) is 0.402. The van der Waals surface area contributed by atoms with Crippen LogP contribution >= 0.6 is 0 Å². The normalized spacial score (nSPS) is 10.0. The third-order valence-electron chi connectivity index (χ3n) is 0. The molecule has 0 N–H and O–H groups in total. The smallest absolute Gasteiger partial charge is 0.894 e. The van der Waals surface area contributed by atoms with Gasteiger partial charge in [-0.25, -0.2) is 0 Å². The van der Waals surface area contributed by atoms with Crippen LogP contribution in [0.1, 0.15) is 0 Å². The maximum Gasteiger partial charge on any atom is 4.00 e. The van der Waals surface area contributed by atoms with Crippen molar-refractivity contribution in [1.29, 1.82) is 0 Å². The van der Waals surface area contributed by atoms with E-state index in [0.29, 0.717) is 0 Å². The largest absolute Gasteiger partial charge is 4.00 e. The van der Waals surface area contributed by atoms with E-state index in [1.807, 2.05) is 0 Å². The second-order valence-electron chi connectivity index (χ2n) is 0.500. The fraction of sp³-hybridized carbons (Fsp3) is 0. The molecule has 0 aromatic heterocycles. The van der Waals surface area contributed by atoms with E-state index in [1.54, 1.807) is 0 Å². The molecule has 0 saturated carbocycles. The number of rotatable bonds is 0. The molecule has 0 amide bonds. The molecule has 0 atom stereocenters. The van der Waals surface area contributed by atoms with Crippen LogP contribution in [-0.2, 0) is 0 Å². The first-order valence-electron chi connectivity index (χ1n) is 0.816. The van der Waals surface area contributed by atoms with E-state index in [0.717, 1.165) is 0 Å². The van der Waals surface area contributed by atoms with E-state index in [1.165, 1.54) is 0 Å². The average molecular weight is 251 g/mol. The molecule has 0 rings (SSSR count). The summed E-state index contributed by atoms with van der Waals surface area (Å²) < 4.78 is 0. The summed E-state index contributed by atoms with van der Waals surface area (Å²) in [5.41, 5.74) is 0. The maximum absolute atomic E-state index is 8.58. The molecular weight excluding hydrogens is 251 g/mol. The van der Waals surface area contributed by atoms with Crippen molar-refractivity contribution in [1.82, 2.24) is 0 Å². The van der Waals surface area contributed by atoms with Gasteiger partial charge in [-0.3, -0.25) is 0 Å². The predicted molar refractivity (Wildman–Crippen MR) is 5.75 cm³/mol. The van der Waals surface area contributed by atoms with E-state index >= 15 is 0 Å². The summed E-state index contributed by atoms with van der Waals surface area (Å²) in [4.78, 5) is 34.3. The minimum atomic E-state index is -5.61. The van der Waals surface area contributed by atoms with Crippen LogP contribution in [0.4, 0.5) is 0 Å². The Morgan fingerprint density at radius 1 is 0.833 bits per heavy atom. The molecule has 6 heteroatoms. The fourth-order valence-corrected chi connectivity index (χ4v) is 0. The SMILES string of the molecule is [O-][Si]([O-])([O-])[O-].[Tb+4]. The third kappa shape index (κ3) is 55.9. The Labute approximate surface area is 66.4 Å². The number of hydrogen-bond donors (Lipinski definition) is 0. The van der Waals surface area contributed by atoms with Crippen molar-refractivity contribution < 1.29 is 57.8 Å². The topological polar surface area (TPSA) is 92.2 Å². The molecule has 0 saturated heterocycles. The summed E-state index contributed by atoms with van der Waals surface area (Å²) in [5, 5.41) is 0. The van der Waals surface area contributed by atoms with Crippen LogP contribution in [-0.4, -0.2) is 9.05 Å². The minimum Gasteiger partial charge on any atom is -0.894 e. The Balaban J connectivity index is 0. The summed E-state index contributed by atoms with van der Waals surface area (Å²) in [7, 11) is -5.61. The van der Waals surface area contributed by atoms with Gasteiger partial charge >= 0.3 is 38.6 Å². The molecule has 0 unspecified atom stereocenters. The van der Waals surface area contributed by atoms with Crippen LogP contribution in [0.5, 0.6) is 0 Å². The van der Waals surface area contributed by atoms with E-state index < -0.39 is 9.05 Å². The number of hydrogen-bond acceptors (Lipinski definition) is 4. The summed E-state index contributed by atoms with van der Waals surface area (Å²) in [5.74, 6) is 0. The summed E-state index contributed by atoms with van der Waals surface area (Å²) in [6.07, 6.45) is 0. The molecule has 4 nitrogen and oxygen atoms in total. The van der Waals surface area contributed by atoms with Gasteiger partial charge in [-0.05, 0) is 0 Å². The third-order valence-corrected chi connectivity index (χ3v) is 0. The van der Waals surface area contributed by atoms with Gasteiger partial charge in [0.1, 0.15) is 0 Å². The van der Waals surface area contributed by atoms with Crippen LogP contribution in [0.3, 0.4) is 0 Å². The molecule has 0 heterocycles. The van der Waals surface area contributed by atoms with E-state index in [-0.39, 0.29) is 38.6 Å². The molecule has 0 bridgehead atoms. The van der Waals surface area contributed by atoms with Gasteiger partial charge in [0.2, 0.25) is 0 Å². The van der Waals surface area contributed by atoms with Crippen LogP contribution in [0.2, 0.25) is 0 Å². The molecule has 0 aliphatic heterocycles. The Morgan fingerprint density at radius 3 is 0.833 bits per heavy atom. The second kappa shape index (κ2) is 3.36. The molecule has 0 aliphatic rings. The van der Waals surface area contributed by atoms with Gasteiger partial charge in [-0.2, -0.15) is 0 Å². The Kier molecular flexibility index (Phi) is 5.79. The monoisotopic (exact) mass is 251 g/mol. The van der Waals surface area contributed by atoms with E-state index in [9.17, 15) is 0 Å². The first-order valence-corrected chi connectivity index (χ1v) is 2.45. The molecule has 0 aliphatic carbocycles. The van der Waals surface area contributed by atoms with Gasteiger partial charge in [0.25, 0.3) is 0 Å². The zero-order valence-electron chi connectivity index (χ0n) is 2.47. The van der Waals surface area contributed by atoms with Gasteiger partial charge in [-0.1, -0.05) is 0 Å². The first-order chi connectivity index (χ1) is 2.00. The van der Waals surface area contributed by atoms with E-state index in [4.69, 9.17) is 19.2 Å². The van der Waals surface area contributed by atoms with Crippen LogP contribution in [0.15, 0.2) is 0 Å². The summed E-state index contributed by atoms with van der Waals surface area (Å²) >= 11 is 0. The molecule has 0 fully saturated rings. The van der Waals surface area contributed by atoms with Crippen LogP contribution in [0.25, 0.3) is 0 Å². The van der Waals surface area contributed by atoms with Crippen molar-refractivity contribution >= 4 is 9.05 Å². The van der Waals surface area contributed by atoms with Crippen molar-refractivity contribution in [3.05, 3.63) is 0 Å². The van der Waals surface area contributed by atoms with Crippen molar-refractivity contribution in [2.24, 2.45) is 0 Å².